The second kappa shape index (κ2) is 6.52. The number of sulfonamides is 1. The third-order valence-electron chi connectivity index (χ3n) is 3.22. The van der Waals surface area contributed by atoms with Crippen molar-refractivity contribution in [2.45, 2.75) is 17.4 Å². The number of hydrogen-bond donors (Lipinski definition) is 2. The average Bonchev–Trinajstić information content (AvgIpc) is 2.47. The molecule has 1 aromatic carbocycles. The van der Waals surface area contributed by atoms with Gasteiger partial charge in [-0.3, -0.25) is 4.79 Å². The minimum Gasteiger partial charge on any atom is -0.481 e. The van der Waals surface area contributed by atoms with Crippen LogP contribution in [-0.2, 0) is 26.0 Å². The Hall–Kier alpha value is -1.48. The molecule has 1 aliphatic rings. The first-order valence-electron chi connectivity index (χ1n) is 6.47. The van der Waals surface area contributed by atoms with Gasteiger partial charge < -0.3 is 14.9 Å². The first-order chi connectivity index (χ1) is 9.93. The summed E-state index contributed by atoms with van der Waals surface area (Å²) in [5.74, 6) is -0.968. The van der Waals surface area contributed by atoms with Gasteiger partial charge in [0.2, 0.25) is 10.0 Å². The van der Waals surface area contributed by atoms with Crippen molar-refractivity contribution < 1.29 is 28.2 Å². The summed E-state index contributed by atoms with van der Waals surface area (Å²) < 4.78 is 31.4. The molecule has 1 heterocycles. The van der Waals surface area contributed by atoms with E-state index in [1.54, 1.807) is 0 Å². The van der Waals surface area contributed by atoms with Gasteiger partial charge >= 0.3 is 5.97 Å². The molecule has 116 valence electrons. The molecule has 8 heteroatoms. The fourth-order valence-electron chi connectivity index (χ4n) is 2.12. The summed E-state index contributed by atoms with van der Waals surface area (Å²) >= 11 is 0. The van der Waals surface area contributed by atoms with E-state index in [1.807, 2.05) is 0 Å². The van der Waals surface area contributed by atoms with Crippen molar-refractivity contribution in [2.24, 2.45) is 0 Å². The lowest BCUT2D eigenvalue weighted by atomic mass is 10.2. The lowest BCUT2D eigenvalue weighted by Crippen LogP contribution is -2.46. The van der Waals surface area contributed by atoms with Gasteiger partial charge in [-0.15, -0.1) is 0 Å². The number of morpholine rings is 1. The molecule has 0 aliphatic carbocycles. The third kappa shape index (κ3) is 3.79. The molecule has 1 fully saturated rings. The van der Waals surface area contributed by atoms with Crippen LogP contribution < -0.4 is 0 Å². The van der Waals surface area contributed by atoms with Crippen molar-refractivity contribution in [2.75, 3.05) is 26.3 Å². The molecule has 0 radical (unpaired) electrons. The summed E-state index contributed by atoms with van der Waals surface area (Å²) in [5, 5.41) is 17.8. The predicted octanol–water partition coefficient (Wildman–Crippen LogP) is -0.304. The molecule has 0 bridgehead atoms. The number of aliphatic hydroxyl groups is 1. The number of benzene rings is 1. The molecular weight excluding hydrogens is 298 g/mol. The van der Waals surface area contributed by atoms with E-state index < -0.39 is 22.1 Å². The maximum atomic E-state index is 12.5. The zero-order valence-corrected chi connectivity index (χ0v) is 12.1. The Bertz CT molecular complexity index is 598. The summed E-state index contributed by atoms with van der Waals surface area (Å²) in [6.45, 7) is 0.344. The Labute approximate surface area is 122 Å². The van der Waals surface area contributed by atoms with Gasteiger partial charge in [0.25, 0.3) is 0 Å². The maximum absolute atomic E-state index is 12.5. The largest absolute Gasteiger partial charge is 0.481 e. The van der Waals surface area contributed by atoms with E-state index in [1.165, 1.54) is 28.6 Å². The van der Waals surface area contributed by atoms with Crippen LogP contribution in [0, 0.1) is 0 Å². The average molecular weight is 315 g/mol. The Morgan fingerprint density at radius 3 is 2.57 bits per heavy atom. The van der Waals surface area contributed by atoms with Gasteiger partial charge in [-0.05, 0) is 17.7 Å². The van der Waals surface area contributed by atoms with Crippen molar-refractivity contribution in [3.05, 3.63) is 29.8 Å². The van der Waals surface area contributed by atoms with Crippen LogP contribution in [0.1, 0.15) is 5.56 Å². The Morgan fingerprint density at radius 2 is 2.00 bits per heavy atom. The number of aliphatic carboxylic acids is 1. The predicted molar refractivity (Wildman–Crippen MR) is 73.4 cm³/mol. The second-order valence-electron chi connectivity index (χ2n) is 4.75. The van der Waals surface area contributed by atoms with Crippen molar-refractivity contribution in [1.29, 1.82) is 0 Å². The maximum Gasteiger partial charge on any atom is 0.307 e. The molecule has 1 atom stereocenters. The van der Waals surface area contributed by atoms with Crippen LogP contribution in [0.5, 0.6) is 0 Å². The Morgan fingerprint density at radius 1 is 1.33 bits per heavy atom. The number of ether oxygens (including phenoxy) is 1. The Balaban J connectivity index is 2.17. The fourth-order valence-corrected chi connectivity index (χ4v) is 3.58. The second-order valence-corrected chi connectivity index (χ2v) is 6.69. The van der Waals surface area contributed by atoms with Crippen molar-refractivity contribution >= 4 is 16.0 Å². The molecule has 1 aliphatic heterocycles. The molecule has 0 amide bonds. The highest BCUT2D eigenvalue weighted by molar-refractivity contribution is 7.89. The minimum atomic E-state index is -3.66. The van der Waals surface area contributed by atoms with Gasteiger partial charge in [-0.2, -0.15) is 4.31 Å². The number of aliphatic hydroxyl groups excluding tert-OH is 1. The fraction of sp³-hybridized carbons (Fsp3) is 0.462. The van der Waals surface area contributed by atoms with E-state index in [2.05, 4.69) is 0 Å². The molecule has 0 saturated carbocycles. The summed E-state index contributed by atoms with van der Waals surface area (Å²) in [6, 6.07) is 5.78. The summed E-state index contributed by atoms with van der Waals surface area (Å²) in [7, 11) is -3.66. The zero-order valence-electron chi connectivity index (χ0n) is 11.3. The van der Waals surface area contributed by atoms with Crippen LogP contribution in [0.4, 0.5) is 0 Å². The monoisotopic (exact) mass is 315 g/mol. The number of carboxylic acid groups (broad SMARTS) is 1. The first kappa shape index (κ1) is 15.9. The first-order valence-corrected chi connectivity index (χ1v) is 7.91. The SMILES string of the molecule is O=C(O)Cc1ccc(S(=O)(=O)N2CCOC(CO)C2)cc1. The van der Waals surface area contributed by atoms with Gasteiger partial charge in [-0.25, -0.2) is 8.42 Å². The number of nitrogens with zero attached hydrogens (tertiary/aromatic N) is 1. The number of carbonyl (C=O) groups is 1. The van der Waals surface area contributed by atoms with E-state index in [0.29, 0.717) is 5.56 Å². The van der Waals surface area contributed by atoms with Crippen molar-refractivity contribution in [1.82, 2.24) is 4.31 Å². The summed E-state index contributed by atoms with van der Waals surface area (Å²) in [4.78, 5) is 10.7. The van der Waals surface area contributed by atoms with Crippen LogP contribution in [0.15, 0.2) is 29.2 Å². The molecule has 2 rings (SSSR count). The van der Waals surface area contributed by atoms with Gasteiger partial charge in [0.05, 0.1) is 30.6 Å². The van der Waals surface area contributed by atoms with Gasteiger partial charge in [0.15, 0.2) is 0 Å². The number of carboxylic acids is 1. The van der Waals surface area contributed by atoms with E-state index in [9.17, 15) is 13.2 Å². The standard InChI is InChI=1S/C13H17NO6S/c15-9-11-8-14(5-6-20-11)21(18,19)12-3-1-10(2-4-12)7-13(16)17/h1-4,11,15H,5-9H2,(H,16,17). The van der Waals surface area contributed by atoms with E-state index in [-0.39, 0.29) is 37.6 Å². The highest BCUT2D eigenvalue weighted by Gasteiger charge is 2.30. The third-order valence-corrected chi connectivity index (χ3v) is 5.10. The zero-order chi connectivity index (χ0) is 15.5. The van der Waals surface area contributed by atoms with E-state index in [4.69, 9.17) is 14.9 Å². The minimum absolute atomic E-state index is 0.107. The van der Waals surface area contributed by atoms with Crippen LogP contribution in [0.2, 0.25) is 0 Å². The van der Waals surface area contributed by atoms with Crippen LogP contribution >= 0.6 is 0 Å². The molecule has 2 N–H and O–H groups in total. The van der Waals surface area contributed by atoms with E-state index in [0.717, 1.165) is 0 Å². The van der Waals surface area contributed by atoms with Crippen LogP contribution in [0.25, 0.3) is 0 Å². The van der Waals surface area contributed by atoms with E-state index >= 15 is 0 Å². The lowest BCUT2D eigenvalue weighted by Gasteiger charge is -2.31. The molecule has 0 aromatic heterocycles. The summed E-state index contributed by atoms with van der Waals surface area (Å²) in [5.41, 5.74) is 0.539. The summed E-state index contributed by atoms with van der Waals surface area (Å²) in [6.07, 6.45) is -0.662. The number of rotatable bonds is 5. The van der Waals surface area contributed by atoms with Crippen LogP contribution in [0.3, 0.4) is 0 Å². The molecule has 7 nitrogen and oxygen atoms in total. The molecule has 1 unspecified atom stereocenters. The molecule has 1 aromatic rings. The van der Waals surface area contributed by atoms with Crippen molar-refractivity contribution in [3.63, 3.8) is 0 Å². The molecule has 1 saturated heterocycles. The Kier molecular flexibility index (Phi) is 4.94. The van der Waals surface area contributed by atoms with Gasteiger partial charge in [-0.1, -0.05) is 12.1 Å². The molecular formula is C13H17NO6S. The van der Waals surface area contributed by atoms with Gasteiger partial charge in [0.1, 0.15) is 0 Å². The van der Waals surface area contributed by atoms with Crippen molar-refractivity contribution in [3.8, 4) is 0 Å². The smallest absolute Gasteiger partial charge is 0.307 e. The highest BCUT2D eigenvalue weighted by Crippen LogP contribution is 2.19. The molecule has 0 spiro atoms. The lowest BCUT2D eigenvalue weighted by molar-refractivity contribution is -0.136. The van der Waals surface area contributed by atoms with Crippen LogP contribution in [-0.4, -0.2) is 61.3 Å². The quantitative estimate of drug-likeness (QED) is 0.773. The number of hydrogen-bond acceptors (Lipinski definition) is 5. The normalized spacial score (nSPS) is 20.3. The topological polar surface area (TPSA) is 104 Å². The van der Waals surface area contributed by atoms with Gasteiger partial charge in [0, 0.05) is 13.1 Å². The molecule has 21 heavy (non-hydrogen) atoms. The highest BCUT2D eigenvalue weighted by atomic mass is 32.2.